The number of ether oxygens (including phenoxy) is 1. The zero-order chi connectivity index (χ0) is 27.6. The number of tetrazole rings is 1. The summed E-state index contributed by atoms with van der Waals surface area (Å²) in [6, 6.07) is 16.0. The lowest BCUT2D eigenvalue weighted by atomic mass is 9.95. The van der Waals surface area contributed by atoms with Crippen LogP contribution in [0.25, 0.3) is 16.8 Å². The fraction of sp³-hybridized carbons (Fsp3) is 0.310. The number of hydrogen-bond donors (Lipinski definition) is 1. The molecule has 0 saturated heterocycles. The molecule has 1 amide bonds. The van der Waals surface area contributed by atoms with Crippen molar-refractivity contribution in [3.05, 3.63) is 83.4 Å². The van der Waals surface area contributed by atoms with Crippen LogP contribution in [0.1, 0.15) is 62.0 Å². The molecule has 9 nitrogen and oxygen atoms in total. The van der Waals surface area contributed by atoms with E-state index >= 15 is 0 Å². The average molecular weight is 545 g/mol. The van der Waals surface area contributed by atoms with Crippen LogP contribution in [0, 0.1) is 5.92 Å². The van der Waals surface area contributed by atoms with Gasteiger partial charge in [0.05, 0.1) is 22.9 Å². The molecule has 1 atom stereocenters. The van der Waals surface area contributed by atoms with E-state index in [9.17, 15) is 9.59 Å². The van der Waals surface area contributed by atoms with E-state index in [0.29, 0.717) is 27.9 Å². The molecule has 1 saturated carbocycles. The Bertz CT molecular complexity index is 1460. The summed E-state index contributed by atoms with van der Waals surface area (Å²) < 4.78 is 6.98. The van der Waals surface area contributed by atoms with Gasteiger partial charge in [0.15, 0.2) is 0 Å². The molecule has 0 bridgehead atoms. The first-order valence-electron chi connectivity index (χ1n) is 12.8. The first kappa shape index (κ1) is 26.5. The molecule has 0 radical (unpaired) electrons. The van der Waals surface area contributed by atoms with Gasteiger partial charge in [-0.25, -0.2) is 4.79 Å². The molecule has 10 heteroatoms. The summed E-state index contributed by atoms with van der Waals surface area (Å²) in [5, 5.41) is 15.0. The van der Waals surface area contributed by atoms with Crippen molar-refractivity contribution in [1.82, 2.24) is 25.2 Å². The second kappa shape index (κ2) is 10.9. The summed E-state index contributed by atoms with van der Waals surface area (Å²) in [4.78, 5) is 30.4. The Labute approximate surface area is 231 Å². The maximum atomic E-state index is 13.4. The van der Waals surface area contributed by atoms with E-state index in [2.05, 4.69) is 20.8 Å². The van der Waals surface area contributed by atoms with Gasteiger partial charge in [0, 0.05) is 28.0 Å². The molecule has 0 aliphatic heterocycles. The van der Waals surface area contributed by atoms with Crippen LogP contribution in [-0.4, -0.2) is 42.7 Å². The first-order valence-corrected chi connectivity index (χ1v) is 13.2. The Balaban J connectivity index is 1.34. The van der Waals surface area contributed by atoms with Crippen LogP contribution in [-0.2, 0) is 9.53 Å². The lowest BCUT2D eigenvalue weighted by Crippen LogP contribution is -2.24. The highest BCUT2D eigenvalue weighted by Crippen LogP contribution is 2.39. The van der Waals surface area contributed by atoms with Gasteiger partial charge >= 0.3 is 5.97 Å². The summed E-state index contributed by atoms with van der Waals surface area (Å²) in [6.07, 6.45) is 6.22. The van der Waals surface area contributed by atoms with Crippen molar-refractivity contribution in [2.45, 2.75) is 51.6 Å². The highest BCUT2D eigenvalue weighted by molar-refractivity contribution is 6.31. The number of halogens is 1. The second-order valence-electron chi connectivity index (χ2n) is 10.7. The summed E-state index contributed by atoms with van der Waals surface area (Å²) in [6.45, 7) is 5.47. The lowest BCUT2D eigenvalue weighted by molar-refractivity contribution is -0.117. The van der Waals surface area contributed by atoms with Crippen LogP contribution in [0.15, 0.2) is 67.1 Å². The van der Waals surface area contributed by atoms with Crippen molar-refractivity contribution in [3.63, 3.8) is 0 Å². The van der Waals surface area contributed by atoms with Gasteiger partial charge < -0.3 is 10.1 Å². The minimum Gasteiger partial charge on any atom is -0.456 e. The third kappa shape index (κ3) is 6.67. The Morgan fingerprint density at radius 1 is 1.10 bits per heavy atom. The highest BCUT2D eigenvalue weighted by Gasteiger charge is 2.31. The van der Waals surface area contributed by atoms with Crippen molar-refractivity contribution >= 4 is 29.2 Å². The van der Waals surface area contributed by atoms with Crippen LogP contribution in [0.2, 0.25) is 5.02 Å². The van der Waals surface area contributed by atoms with Gasteiger partial charge in [-0.2, -0.15) is 4.68 Å². The molecule has 1 fully saturated rings. The number of amides is 1. The average Bonchev–Trinajstić information content (AvgIpc) is 3.56. The summed E-state index contributed by atoms with van der Waals surface area (Å²) in [5.74, 6) is -0.435. The van der Waals surface area contributed by atoms with Crippen LogP contribution in [0.4, 0.5) is 5.69 Å². The molecule has 2 aromatic carbocycles. The lowest BCUT2D eigenvalue weighted by Gasteiger charge is -2.19. The quantitative estimate of drug-likeness (QED) is 0.277. The number of carbonyl (C=O) groups excluding carboxylic acids is 2. The number of carbonyl (C=O) groups is 2. The molecule has 39 heavy (non-hydrogen) atoms. The third-order valence-corrected chi connectivity index (χ3v) is 6.61. The molecule has 2 aromatic heterocycles. The minimum atomic E-state index is -0.579. The topological polar surface area (TPSA) is 112 Å². The zero-order valence-corrected chi connectivity index (χ0v) is 22.7. The van der Waals surface area contributed by atoms with E-state index < -0.39 is 17.5 Å². The second-order valence-corrected chi connectivity index (χ2v) is 11.1. The molecule has 2 heterocycles. The largest absolute Gasteiger partial charge is 0.456 e. The van der Waals surface area contributed by atoms with Gasteiger partial charge in [-0.3, -0.25) is 9.78 Å². The van der Waals surface area contributed by atoms with Gasteiger partial charge in [0.25, 0.3) is 0 Å². The van der Waals surface area contributed by atoms with Gasteiger partial charge in [-0.05, 0) is 92.1 Å². The molecular weight excluding hydrogens is 516 g/mol. The van der Waals surface area contributed by atoms with E-state index in [1.54, 1.807) is 41.2 Å². The van der Waals surface area contributed by atoms with Crippen LogP contribution >= 0.6 is 11.6 Å². The SMILES string of the molecule is CC(C)(C)OC(=O)c1ccc(NC(=O)C(CC2CC2)c2ccc(-c3cc(Cl)ccc3-n3cnnn3)cn2)cc1. The molecule has 1 N–H and O–H groups in total. The van der Waals surface area contributed by atoms with Gasteiger partial charge in [-0.1, -0.05) is 30.5 Å². The highest BCUT2D eigenvalue weighted by atomic mass is 35.5. The fourth-order valence-electron chi connectivity index (χ4n) is 4.29. The standard InChI is InChI=1S/C29H29ClN6O3/c1-29(2,3)39-28(38)19-6-10-22(11-7-19)33-27(37)24(14-18-4-5-18)25-12-8-20(16-31-25)23-15-21(30)9-13-26(23)36-17-32-34-35-36/h6-13,15-18,24H,4-5,14H2,1-3H3,(H,33,37). The number of hydrogen-bond acceptors (Lipinski definition) is 7. The first-order chi connectivity index (χ1) is 18.7. The van der Waals surface area contributed by atoms with Crippen molar-refractivity contribution in [2.24, 2.45) is 5.92 Å². The molecule has 200 valence electrons. The molecule has 1 unspecified atom stereocenters. The molecule has 1 aliphatic carbocycles. The third-order valence-electron chi connectivity index (χ3n) is 6.38. The minimum absolute atomic E-state index is 0.135. The van der Waals surface area contributed by atoms with Crippen molar-refractivity contribution < 1.29 is 14.3 Å². The number of pyridine rings is 1. The number of aromatic nitrogens is 5. The number of esters is 1. The number of nitrogens with zero attached hydrogens (tertiary/aromatic N) is 5. The Morgan fingerprint density at radius 3 is 2.49 bits per heavy atom. The maximum absolute atomic E-state index is 13.4. The van der Waals surface area contributed by atoms with Gasteiger partial charge in [0.2, 0.25) is 5.91 Å². The van der Waals surface area contributed by atoms with Crippen LogP contribution in [0.5, 0.6) is 0 Å². The number of benzene rings is 2. The summed E-state index contributed by atoms with van der Waals surface area (Å²) in [5.41, 5.74) is 3.56. The molecule has 4 aromatic rings. The van der Waals surface area contributed by atoms with Gasteiger partial charge in [0.1, 0.15) is 11.9 Å². The Morgan fingerprint density at radius 2 is 1.87 bits per heavy atom. The zero-order valence-electron chi connectivity index (χ0n) is 22.0. The van der Waals surface area contributed by atoms with E-state index in [-0.39, 0.29) is 5.91 Å². The van der Waals surface area contributed by atoms with Crippen molar-refractivity contribution in [1.29, 1.82) is 0 Å². The molecule has 1 aliphatic rings. The monoisotopic (exact) mass is 544 g/mol. The normalized spacial score (nSPS) is 14.1. The molecule has 5 rings (SSSR count). The van der Waals surface area contributed by atoms with E-state index in [0.717, 1.165) is 36.1 Å². The number of rotatable bonds is 8. The molecule has 0 spiro atoms. The Hall–Kier alpha value is -4.11. The van der Waals surface area contributed by atoms with E-state index in [4.69, 9.17) is 21.3 Å². The maximum Gasteiger partial charge on any atom is 0.338 e. The van der Waals surface area contributed by atoms with Gasteiger partial charge in [-0.15, -0.1) is 5.10 Å². The summed E-state index contributed by atoms with van der Waals surface area (Å²) >= 11 is 6.29. The van der Waals surface area contributed by atoms with E-state index in [1.807, 2.05) is 45.0 Å². The Kier molecular flexibility index (Phi) is 7.43. The fourth-order valence-corrected chi connectivity index (χ4v) is 4.46. The van der Waals surface area contributed by atoms with E-state index in [1.165, 1.54) is 6.33 Å². The van der Waals surface area contributed by atoms with Crippen molar-refractivity contribution in [2.75, 3.05) is 5.32 Å². The van der Waals surface area contributed by atoms with Crippen LogP contribution in [0.3, 0.4) is 0 Å². The summed E-state index contributed by atoms with van der Waals surface area (Å²) in [7, 11) is 0. The smallest absolute Gasteiger partial charge is 0.338 e. The molecular formula is C29H29ClN6O3. The van der Waals surface area contributed by atoms with Crippen LogP contribution < -0.4 is 5.32 Å². The van der Waals surface area contributed by atoms with Crippen molar-refractivity contribution in [3.8, 4) is 16.8 Å². The number of nitrogens with one attached hydrogen (secondary N) is 1. The number of anilines is 1. The predicted molar refractivity (Wildman–Crippen MR) is 148 cm³/mol. The predicted octanol–water partition coefficient (Wildman–Crippen LogP) is 5.86.